The van der Waals surface area contributed by atoms with Gasteiger partial charge in [0.1, 0.15) is 30.6 Å². The van der Waals surface area contributed by atoms with Crippen LogP contribution in [0.15, 0.2) is 31.1 Å². The predicted molar refractivity (Wildman–Crippen MR) is 225 cm³/mol. The van der Waals surface area contributed by atoms with Crippen molar-refractivity contribution in [1.29, 1.82) is 0 Å². The standard InChI is InChI=1S/C41H63F3N6O6Si2/c1-12-55-27(2)34-35(29-21-30-14-15-31(22-29)49(30)39(52)56-40(3,4)5)47-37-32(28-13-16-33(45-23-28)36(51)41(42,43)44)24-46-50(37)38(34)48(25-53-17-19-57(6,7)8)26-54-18-20-58(9,10)11/h13,16,23-24,29-31,36,51H,2,12,14-15,17-22,25-26H2,1,3-11H3/t29?,30-,31+,36?. The first-order valence-corrected chi connectivity index (χ1v) is 27.8. The molecule has 2 fully saturated rings. The third-order valence-corrected chi connectivity index (χ3v) is 13.9. The molecule has 2 aliphatic rings. The number of aromatic nitrogens is 4. The van der Waals surface area contributed by atoms with Crippen LogP contribution in [0.3, 0.4) is 0 Å². The summed E-state index contributed by atoms with van der Waals surface area (Å²) in [5, 5.41) is 14.7. The highest BCUT2D eigenvalue weighted by Gasteiger charge is 2.47. The van der Waals surface area contributed by atoms with Crippen LogP contribution in [0.2, 0.25) is 51.4 Å². The summed E-state index contributed by atoms with van der Waals surface area (Å²) in [5.74, 6) is 0.881. The van der Waals surface area contributed by atoms with E-state index in [-0.39, 0.29) is 37.6 Å². The molecule has 0 aliphatic carbocycles. The number of halogens is 3. The highest BCUT2D eigenvalue weighted by molar-refractivity contribution is 6.76. The fraction of sp³-hybridized carbons (Fsp3) is 0.659. The molecule has 5 rings (SSSR count). The van der Waals surface area contributed by atoms with E-state index >= 15 is 0 Å². The predicted octanol–water partition coefficient (Wildman–Crippen LogP) is 9.47. The van der Waals surface area contributed by atoms with E-state index in [9.17, 15) is 23.1 Å². The van der Waals surface area contributed by atoms with Gasteiger partial charge in [-0.3, -0.25) is 4.98 Å². The molecular weight excluding hydrogens is 786 g/mol. The van der Waals surface area contributed by atoms with Crippen LogP contribution in [-0.4, -0.2) is 109 Å². The van der Waals surface area contributed by atoms with Crippen molar-refractivity contribution in [3.8, 4) is 11.1 Å². The van der Waals surface area contributed by atoms with Gasteiger partial charge in [-0.25, -0.2) is 9.78 Å². The zero-order valence-corrected chi connectivity index (χ0v) is 37.9. The highest BCUT2D eigenvalue weighted by atomic mass is 28.3. The molecule has 5 heterocycles. The summed E-state index contributed by atoms with van der Waals surface area (Å²) in [4.78, 5) is 26.7. The molecule has 12 nitrogen and oxygen atoms in total. The number of carbonyl (C=O) groups is 1. The SMILES string of the molecule is C=C(OCC)c1c(C2C[C@H]3CC[C@@H](C2)N3C(=O)OC(C)(C)C)nc2c(-c3ccc(C(O)C(F)(F)F)nc3)cnn2c1N(COCC[Si](C)(C)C)COCC[Si](C)(C)C. The molecule has 1 amide bonds. The van der Waals surface area contributed by atoms with E-state index in [2.05, 4.69) is 50.8 Å². The van der Waals surface area contributed by atoms with Gasteiger partial charge in [0.25, 0.3) is 0 Å². The molecule has 3 aromatic rings. The van der Waals surface area contributed by atoms with Gasteiger partial charge in [-0.15, -0.1) is 0 Å². The van der Waals surface area contributed by atoms with Gasteiger partial charge in [-0.1, -0.05) is 51.9 Å². The average molecular weight is 849 g/mol. The molecule has 2 saturated heterocycles. The minimum absolute atomic E-state index is 0.0691. The van der Waals surface area contributed by atoms with E-state index in [1.165, 1.54) is 18.3 Å². The smallest absolute Gasteiger partial charge is 0.420 e. The number of aliphatic hydroxyl groups excluding tert-OH is 1. The fourth-order valence-corrected chi connectivity index (χ4v) is 8.99. The molecule has 2 unspecified atom stereocenters. The summed E-state index contributed by atoms with van der Waals surface area (Å²) in [7, 11) is -2.84. The highest BCUT2D eigenvalue weighted by Crippen LogP contribution is 2.47. The van der Waals surface area contributed by atoms with Crippen LogP contribution < -0.4 is 4.90 Å². The lowest BCUT2D eigenvalue weighted by molar-refractivity contribution is -0.207. The molecule has 3 aromatic heterocycles. The normalized spacial score (nSPS) is 19.4. The Hall–Kier alpha value is -3.52. The lowest BCUT2D eigenvalue weighted by Crippen LogP contribution is -2.48. The molecular formula is C41H63F3N6O6Si2. The molecule has 1 N–H and O–H groups in total. The maximum atomic E-state index is 13.5. The first-order valence-electron chi connectivity index (χ1n) is 20.3. The van der Waals surface area contributed by atoms with Gasteiger partial charge in [0.05, 0.1) is 29.8 Å². The fourth-order valence-electron chi connectivity index (χ4n) is 7.47. The van der Waals surface area contributed by atoms with Gasteiger partial charge in [-0.2, -0.15) is 22.8 Å². The van der Waals surface area contributed by atoms with Crippen LogP contribution in [0.1, 0.15) is 82.4 Å². The Morgan fingerprint density at radius 3 is 2.05 bits per heavy atom. The molecule has 2 aliphatic heterocycles. The summed E-state index contributed by atoms with van der Waals surface area (Å²) in [6, 6.07) is 4.44. The molecule has 58 heavy (non-hydrogen) atoms. The zero-order chi connectivity index (χ0) is 42.8. The van der Waals surface area contributed by atoms with Gasteiger partial charge >= 0.3 is 12.3 Å². The number of alkyl halides is 3. The number of piperidine rings is 1. The van der Waals surface area contributed by atoms with Crippen molar-refractivity contribution >= 4 is 39.5 Å². The van der Waals surface area contributed by atoms with Crippen molar-refractivity contribution in [2.75, 3.05) is 38.2 Å². The number of nitrogens with zero attached hydrogens (tertiary/aromatic N) is 6. The number of amides is 1. The molecule has 0 saturated carbocycles. The maximum Gasteiger partial charge on any atom is 0.420 e. The summed E-state index contributed by atoms with van der Waals surface area (Å²) in [6.07, 6.45) is -2.07. The molecule has 2 bridgehead atoms. The van der Waals surface area contributed by atoms with Crippen molar-refractivity contribution in [2.45, 2.75) is 141 Å². The van der Waals surface area contributed by atoms with Crippen LogP contribution in [0.4, 0.5) is 23.8 Å². The molecule has 0 radical (unpaired) electrons. The molecule has 0 spiro atoms. The first kappa shape index (κ1) is 45.6. The Bertz CT molecular complexity index is 1850. The lowest BCUT2D eigenvalue weighted by atomic mass is 9.85. The minimum Gasteiger partial charge on any atom is -0.494 e. The third kappa shape index (κ3) is 11.4. The van der Waals surface area contributed by atoms with Crippen LogP contribution in [0.25, 0.3) is 22.5 Å². The van der Waals surface area contributed by atoms with E-state index in [0.29, 0.717) is 66.6 Å². The number of hydrogen-bond donors (Lipinski definition) is 1. The number of fused-ring (bicyclic) bond motifs is 3. The van der Waals surface area contributed by atoms with Crippen molar-refractivity contribution < 1.29 is 42.0 Å². The van der Waals surface area contributed by atoms with Crippen molar-refractivity contribution in [2.24, 2.45) is 0 Å². The van der Waals surface area contributed by atoms with Gasteiger partial charge in [0.15, 0.2) is 11.8 Å². The average Bonchev–Trinajstić information content (AvgIpc) is 3.65. The monoisotopic (exact) mass is 848 g/mol. The largest absolute Gasteiger partial charge is 0.494 e. The second-order valence-corrected chi connectivity index (χ2v) is 30.2. The van der Waals surface area contributed by atoms with Crippen molar-refractivity contribution in [3.05, 3.63) is 48.1 Å². The summed E-state index contributed by atoms with van der Waals surface area (Å²) in [5.41, 5.74) is 1.67. The van der Waals surface area contributed by atoms with Crippen molar-refractivity contribution in [1.82, 2.24) is 24.5 Å². The van der Waals surface area contributed by atoms with E-state index in [0.717, 1.165) is 30.6 Å². The van der Waals surface area contributed by atoms with Gasteiger partial charge < -0.3 is 33.9 Å². The third-order valence-electron chi connectivity index (χ3n) is 10.4. The number of ether oxygens (including phenoxy) is 4. The number of anilines is 1. The molecule has 322 valence electrons. The lowest BCUT2D eigenvalue weighted by Gasteiger charge is -2.40. The van der Waals surface area contributed by atoms with Gasteiger partial charge in [-0.05, 0) is 71.5 Å². The number of rotatable bonds is 17. The number of pyridine rings is 1. The molecule has 0 aromatic carbocycles. The van der Waals surface area contributed by atoms with Gasteiger partial charge in [0, 0.05) is 64.7 Å². The first-order chi connectivity index (χ1) is 27.0. The second-order valence-electron chi connectivity index (χ2n) is 18.9. The number of aliphatic hydroxyl groups is 1. The quantitative estimate of drug-likeness (QED) is 0.0608. The molecule has 4 atom stereocenters. The zero-order valence-electron chi connectivity index (χ0n) is 35.9. The topological polar surface area (TPSA) is 124 Å². The van der Waals surface area contributed by atoms with E-state index in [1.807, 2.05) is 37.5 Å². The van der Waals surface area contributed by atoms with Crippen LogP contribution >= 0.6 is 0 Å². The van der Waals surface area contributed by atoms with E-state index in [4.69, 9.17) is 29.0 Å². The summed E-state index contributed by atoms with van der Waals surface area (Å²) in [6.45, 7) is 27.5. The molecule has 17 heteroatoms. The Labute approximate surface area is 343 Å². The van der Waals surface area contributed by atoms with Crippen LogP contribution in [0.5, 0.6) is 0 Å². The van der Waals surface area contributed by atoms with E-state index < -0.39 is 39.7 Å². The maximum absolute atomic E-state index is 13.5. The second kappa shape index (κ2) is 18.0. The Kier molecular flexibility index (Phi) is 14.1. The minimum atomic E-state index is -4.86. The van der Waals surface area contributed by atoms with Crippen LogP contribution in [0, 0.1) is 0 Å². The van der Waals surface area contributed by atoms with Crippen LogP contribution in [-0.2, 0) is 18.9 Å². The Balaban J connectivity index is 1.67. The Morgan fingerprint density at radius 2 is 1.57 bits per heavy atom. The number of carbonyl (C=O) groups excluding carboxylic acids is 1. The Morgan fingerprint density at radius 1 is 0.983 bits per heavy atom. The van der Waals surface area contributed by atoms with Crippen molar-refractivity contribution in [3.63, 3.8) is 0 Å². The summed E-state index contributed by atoms with van der Waals surface area (Å²) >= 11 is 0. The van der Waals surface area contributed by atoms with E-state index in [1.54, 1.807) is 10.7 Å². The number of hydrogen-bond acceptors (Lipinski definition) is 10. The summed E-state index contributed by atoms with van der Waals surface area (Å²) < 4.78 is 66.7. The van der Waals surface area contributed by atoms with Gasteiger partial charge in [0.2, 0.25) is 0 Å².